The fourth-order valence-electron chi connectivity index (χ4n) is 2.10. The predicted molar refractivity (Wildman–Crippen MR) is 61.4 cm³/mol. The van der Waals surface area contributed by atoms with Crippen LogP contribution in [0.5, 0.6) is 0 Å². The Labute approximate surface area is 102 Å². The Morgan fingerprint density at radius 2 is 2.12 bits per heavy atom. The van der Waals surface area contributed by atoms with Crippen LogP contribution in [0.25, 0.3) is 0 Å². The number of rotatable bonds is 3. The Morgan fingerprint density at radius 3 is 2.53 bits per heavy atom. The summed E-state index contributed by atoms with van der Waals surface area (Å²) in [6.45, 7) is 8.52. The van der Waals surface area contributed by atoms with E-state index in [1.807, 2.05) is 13.8 Å². The van der Waals surface area contributed by atoms with Gasteiger partial charge in [0.25, 0.3) is 0 Å². The van der Waals surface area contributed by atoms with Crippen molar-refractivity contribution < 1.29 is 24.1 Å². The van der Waals surface area contributed by atoms with Crippen LogP contribution in [0.1, 0.15) is 41.0 Å². The number of aliphatic hydroxyl groups is 1. The first-order chi connectivity index (χ1) is 7.72. The Bertz CT molecular complexity index is 274. The van der Waals surface area contributed by atoms with E-state index in [-0.39, 0.29) is 12.5 Å². The quantitative estimate of drug-likeness (QED) is 0.759. The average Bonchev–Trinajstić information content (AvgIpc) is 2.09. The highest BCUT2D eigenvalue weighted by Crippen LogP contribution is 2.32. The Hall–Kier alpha value is -0.650. The summed E-state index contributed by atoms with van der Waals surface area (Å²) in [5.74, 6) is -0.422. The van der Waals surface area contributed by atoms with Crippen LogP contribution in [-0.2, 0) is 19.0 Å². The molecular formula is C12H22O5. The summed E-state index contributed by atoms with van der Waals surface area (Å²) in [4.78, 5) is 11.0. The molecule has 0 bridgehead atoms. The van der Waals surface area contributed by atoms with Crippen LogP contribution in [0.2, 0.25) is 0 Å². The van der Waals surface area contributed by atoms with Crippen LogP contribution < -0.4 is 0 Å². The molecule has 100 valence electrons. The summed E-state index contributed by atoms with van der Waals surface area (Å²) in [7, 11) is 0. The zero-order valence-electron chi connectivity index (χ0n) is 11.1. The van der Waals surface area contributed by atoms with Crippen LogP contribution in [0.15, 0.2) is 0 Å². The monoisotopic (exact) mass is 246 g/mol. The van der Waals surface area contributed by atoms with Crippen LogP contribution >= 0.6 is 0 Å². The van der Waals surface area contributed by atoms with Crippen molar-refractivity contribution in [2.75, 3.05) is 0 Å². The lowest BCUT2D eigenvalue weighted by atomic mass is 9.88. The number of hydrogen-bond donors (Lipinski definition) is 1. The summed E-state index contributed by atoms with van der Waals surface area (Å²) in [5, 5.41) is 10.3. The molecule has 0 aromatic heterocycles. The number of ether oxygens (including phenoxy) is 3. The van der Waals surface area contributed by atoms with Gasteiger partial charge in [-0.15, -0.1) is 0 Å². The van der Waals surface area contributed by atoms with E-state index in [0.717, 1.165) is 0 Å². The number of hydrogen-bond acceptors (Lipinski definition) is 5. The van der Waals surface area contributed by atoms with Crippen molar-refractivity contribution in [1.29, 1.82) is 0 Å². The van der Waals surface area contributed by atoms with Crippen molar-refractivity contribution in [3.8, 4) is 0 Å². The zero-order chi connectivity index (χ0) is 13.2. The molecular weight excluding hydrogens is 224 g/mol. The van der Waals surface area contributed by atoms with Gasteiger partial charge in [-0.25, -0.2) is 0 Å². The molecule has 1 fully saturated rings. The average molecular weight is 246 g/mol. The van der Waals surface area contributed by atoms with Gasteiger partial charge in [-0.3, -0.25) is 4.79 Å². The van der Waals surface area contributed by atoms with E-state index in [9.17, 15) is 9.90 Å². The maximum absolute atomic E-state index is 11.0. The lowest BCUT2D eigenvalue weighted by Crippen LogP contribution is -2.57. The first-order valence-corrected chi connectivity index (χ1v) is 5.93. The van der Waals surface area contributed by atoms with Crippen molar-refractivity contribution in [2.24, 2.45) is 0 Å². The molecule has 17 heavy (non-hydrogen) atoms. The molecule has 4 atom stereocenters. The van der Waals surface area contributed by atoms with Crippen molar-refractivity contribution in [3.63, 3.8) is 0 Å². The van der Waals surface area contributed by atoms with Gasteiger partial charge in [-0.05, 0) is 27.7 Å². The molecule has 0 saturated carbocycles. The molecule has 5 heteroatoms. The zero-order valence-corrected chi connectivity index (χ0v) is 11.1. The lowest BCUT2D eigenvalue weighted by Gasteiger charge is -2.43. The van der Waals surface area contributed by atoms with Crippen LogP contribution in [0.3, 0.4) is 0 Å². The van der Waals surface area contributed by atoms with Gasteiger partial charge in [-0.1, -0.05) is 0 Å². The molecule has 0 amide bonds. The molecule has 1 aliphatic heterocycles. The molecule has 0 aliphatic carbocycles. The van der Waals surface area contributed by atoms with Gasteiger partial charge in [0, 0.05) is 13.3 Å². The van der Waals surface area contributed by atoms with E-state index in [1.54, 1.807) is 13.8 Å². The number of esters is 1. The van der Waals surface area contributed by atoms with Crippen LogP contribution in [-0.4, -0.2) is 41.3 Å². The first-order valence-electron chi connectivity index (χ1n) is 5.93. The standard InChI is InChI=1S/C12H22O5/c1-7(2)15-10-6-12(5,14)11(8(3)16-10)17-9(4)13/h7-8,10-11,14H,6H2,1-5H3. The molecule has 4 unspecified atom stereocenters. The maximum atomic E-state index is 11.0. The molecule has 0 aromatic rings. The highest BCUT2D eigenvalue weighted by atomic mass is 16.7. The van der Waals surface area contributed by atoms with Gasteiger partial charge in [0.05, 0.1) is 12.2 Å². The summed E-state index contributed by atoms with van der Waals surface area (Å²) < 4.78 is 16.2. The fraction of sp³-hybridized carbons (Fsp3) is 0.917. The third-order valence-electron chi connectivity index (χ3n) is 2.70. The van der Waals surface area contributed by atoms with Crippen molar-refractivity contribution in [3.05, 3.63) is 0 Å². The molecule has 0 aromatic carbocycles. The van der Waals surface area contributed by atoms with E-state index in [1.165, 1.54) is 6.92 Å². The summed E-state index contributed by atoms with van der Waals surface area (Å²) in [6.07, 6.45) is -1.22. The second kappa shape index (κ2) is 5.33. The third-order valence-corrected chi connectivity index (χ3v) is 2.70. The number of carbonyl (C=O) groups is 1. The number of carbonyl (C=O) groups excluding carboxylic acids is 1. The topological polar surface area (TPSA) is 65.0 Å². The molecule has 0 spiro atoms. The molecule has 1 aliphatic rings. The minimum atomic E-state index is -1.14. The van der Waals surface area contributed by atoms with E-state index in [4.69, 9.17) is 14.2 Å². The second-order valence-electron chi connectivity index (χ2n) is 5.05. The van der Waals surface area contributed by atoms with Crippen molar-refractivity contribution >= 4 is 5.97 Å². The molecule has 5 nitrogen and oxygen atoms in total. The van der Waals surface area contributed by atoms with E-state index in [2.05, 4.69) is 0 Å². The van der Waals surface area contributed by atoms with Gasteiger partial charge in [0.2, 0.25) is 0 Å². The first kappa shape index (κ1) is 14.4. The molecule has 1 saturated heterocycles. The molecule has 1 N–H and O–H groups in total. The van der Waals surface area contributed by atoms with Crippen molar-refractivity contribution in [1.82, 2.24) is 0 Å². The Morgan fingerprint density at radius 1 is 1.53 bits per heavy atom. The third kappa shape index (κ3) is 3.94. The highest BCUT2D eigenvalue weighted by molar-refractivity contribution is 5.66. The van der Waals surface area contributed by atoms with Gasteiger partial charge < -0.3 is 19.3 Å². The van der Waals surface area contributed by atoms with Crippen LogP contribution in [0, 0.1) is 0 Å². The minimum Gasteiger partial charge on any atom is -0.457 e. The van der Waals surface area contributed by atoms with Gasteiger partial charge in [0.15, 0.2) is 12.4 Å². The fourth-order valence-corrected chi connectivity index (χ4v) is 2.10. The van der Waals surface area contributed by atoms with E-state index in [0.29, 0.717) is 0 Å². The second-order valence-corrected chi connectivity index (χ2v) is 5.05. The van der Waals surface area contributed by atoms with Gasteiger partial charge in [0.1, 0.15) is 5.60 Å². The molecule has 1 heterocycles. The Balaban J connectivity index is 2.70. The molecule has 1 rings (SSSR count). The summed E-state index contributed by atoms with van der Waals surface area (Å²) >= 11 is 0. The molecule has 0 radical (unpaired) electrons. The van der Waals surface area contributed by atoms with E-state index >= 15 is 0 Å². The Kier molecular flexibility index (Phi) is 4.52. The van der Waals surface area contributed by atoms with Gasteiger partial charge in [-0.2, -0.15) is 0 Å². The lowest BCUT2D eigenvalue weighted by molar-refractivity contribution is -0.283. The van der Waals surface area contributed by atoms with Crippen LogP contribution in [0.4, 0.5) is 0 Å². The summed E-state index contributed by atoms with van der Waals surface area (Å²) in [6, 6.07) is 0. The maximum Gasteiger partial charge on any atom is 0.303 e. The van der Waals surface area contributed by atoms with Crippen molar-refractivity contribution in [2.45, 2.75) is 71.2 Å². The highest BCUT2D eigenvalue weighted by Gasteiger charge is 2.46. The normalized spacial score (nSPS) is 38.2. The van der Waals surface area contributed by atoms with Gasteiger partial charge >= 0.3 is 5.97 Å². The minimum absolute atomic E-state index is 0.0216. The largest absolute Gasteiger partial charge is 0.457 e. The SMILES string of the molecule is CC(=O)OC1C(C)OC(OC(C)C)CC1(C)O. The summed E-state index contributed by atoms with van der Waals surface area (Å²) in [5.41, 5.74) is -1.14. The smallest absolute Gasteiger partial charge is 0.303 e. The predicted octanol–water partition coefficient (Wildman–Crippen LogP) is 1.23. The van der Waals surface area contributed by atoms with E-state index < -0.39 is 30.1 Å².